The first-order chi connectivity index (χ1) is 11.0. The lowest BCUT2D eigenvalue weighted by molar-refractivity contribution is -0.140. The summed E-state index contributed by atoms with van der Waals surface area (Å²) in [6, 6.07) is 18.4. The van der Waals surface area contributed by atoms with Crippen LogP contribution >= 0.6 is 11.8 Å². The molecule has 2 rings (SSSR count). The van der Waals surface area contributed by atoms with Gasteiger partial charge in [0.15, 0.2) is 5.75 Å². The van der Waals surface area contributed by atoms with Crippen LogP contribution in [0, 0.1) is 0 Å². The van der Waals surface area contributed by atoms with Gasteiger partial charge >= 0.3 is 5.97 Å². The second-order valence-corrected chi connectivity index (χ2v) is 8.60. The standard InChI is InChI=1S/C18H20NO2S2/c1-14(20)21-19-18(13-23(2)3)15-9-11-17(12-10-15)22-16-7-5-4-6-8-16/h4-12H,13H2,1-3H3/q+1. The summed E-state index contributed by atoms with van der Waals surface area (Å²) in [7, 11) is 0.175. The van der Waals surface area contributed by atoms with Gasteiger partial charge in [0.2, 0.25) is 0 Å². The van der Waals surface area contributed by atoms with E-state index in [9.17, 15) is 4.79 Å². The number of oxime groups is 1. The van der Waals surface area contributed by atoms with Gasteiger partial charge in [0.25, 0.3) is 0 Å². The second kappa shape index (κ2) is 8.79. The van der Waals surface area contributed by atoms with E-state index in [1.165, 1.54) is 16.7 Å². The average Bonchev–Trinajstić information content (AvgIpc) is 2.53. The van der Waals surface area contributed by atoms with Crippen LogP contribution in [0.5, 0.6) is 0 Å². The minimum Gasteiger partial charge on any atom is -0.318 e. The van der Waals surface area contributed by atoms with Crippen LogP contribution in [0.25, 0.3) is 0 Å². The van der Waals surface area contributed by atoms with Crippen LogP contribution < -0.4 is 0 Å². The average molecular weight is 346 g/mol. The number of carbonyl (C=O) groups excluding carboxylic acids is 1. The molecule has 0 aliphatic rings. The van der Waals surface area contributed by atoms with E-state index in [4.69, 9.17) is 4.84 Å². The Labute approximate surface area is 144 Å². The molecule has 0 fully saturated rings. The maximum atomic E-state index is 11.0. The molecular formula is C18H20NO2S2+. The summed E-state index contributed by atoms with van der Waals surface area (Å²) in [5, 5.41) is 4.01. The molecule has 0 unspecified atom stereocenters. The second-order valence-electron chi connectivity index (χ2n) is 5.19. The van der Waals surface area contributed by atoms with Crippen molar-refractivity contribution < 1.29 is 9.63 Å². The lowest BCUT2D eigenvalue weighted by Crippen LogP contribution is -2.16. The lowest BCUT2D eigenvalue weighted by Gasteiger charge is -2.06. The number of hydrogen-bond donors (Lipinski definition) is 0. The van der Waals surface area contributed by atoms with E-state index in [0.29, 0.717) is 0 Å². The molecule has 0 atom stereocenters. The fourth-order valence-corrected chi connectivity index (χ4v) is 3.50. The summed E-state index contributed by atoms with van der Waals surface area (Å²) < 4.78 is 0. The molecule has 0 aliphatic heterocycles. The summed E-state index contributed by atoms with van der Waals surface area (Å²) in [4.78, 5) is 18.2. The molecule has 0 saturated heterocycles. The normalized spacial score (nSPS) is 11.6. The van der Waals surface area contributed by atoms with Gasteiger partial charge in [-0.25, -0.2) is 4.79 Å². The van der Waals surface area contributed by atoms with Crippen LogP contribution in [0.15, 0.2) is 69.5 Å². The Morgan fingerprint density at radius 3 is 2.22 bits per heavy atom. The highest BCUT2D eigenvalue weighted by atomic mass is 32.2. The Kier molecular flexibility index (Phi) is 6.74. The number of rotatable bonds is 6. The molecule has 5 heteroatoms. The van der Waals surface area contributed by atoms with Crippen LogP contribution in [-0.2, 0) is 20.5 Å². The molecule has 0 aliphatic carbocycles. The van der Waals surface area contributed by atoms with E-state index in [0.717, 1.165) is 17.0 Å². The predicted molar refractivity (Wildman–Crippen MR) is 99.4 cm³/mol. The van der Waals surface area contributed by atoms with Crippen LogP contribution in [0.4, 0.5) is 0 Å². The Bertz CT molecular complexity index is 667. The van der Waals surface area contributed by atoms with Crippen LogP contribution in [-0.4, -0.2) is 29.9 Å². The highest BCUT2D eigenvalue weighted by Crippen LogP contribution is 2.27. The molecule has 0 radical (unpaired) electrons. The minimum absolute atomic E-state index is 0.175. The van der Waals surface area contributed by atoms with Gasteiger partial charge in [0.05, 0.1) is 12.5 Å². The Morgan fingerprint density at radius 2 is 1.65 bits per heavy atom. The third kappa shape index (κ3) is 6.12. The van der Waals surface area contributed by atoms with Gasteiger partial charge in [-0.1, -0.05) is 47.2 Å². The third-order valence-electron chi connectivity index (χ3n) is 2.88. The van der Waals surface area contributed by atoms with Crippen molar-refractivity contribution in [2.45, 2.75) is 16.7 Å². The number of hydrogen-bond acceptors (Lipinski definition) is 4. The van der Waals surface area contributed by atoms with Gasteiger partial charge in [0, 0.05) is 22.3 Å². The quantitative estimate of drug-likeness (QED) is 0.344. The largest absolute Gasteiger partial charge is 0.331 e. The maximum Gasteiger partial charge on any atom is 0.331 e. The molecular weight excluding hydrogens is 326 g/mol. The maximum absolute atomic E-state index is 11.0. The van der Waals surface area contributed by atoms with Crippen molar-refractivity contribution in [2.75, 3.05) is 18.3 Å². The summed E-state index contributed by atoms with van der Waals surface area (Å²) >= 11 is 1.72. The zero-order chi connectivity index (χ0) is 16.7. The van der Waals surface area contributed by atoms with Crippen LogP contribution in [0.3, 0.4) is 0 Å². The smallest absolute Gasteiger partial charge is 0.318 e. The van der Waals surface area contributed by atoms with Gasteiger partial charge in [-0.15, -0.1) is 0 Å². The summed E-state index contributed by atoms with van der Waals surface area (Å²) in [6.45, 7) is 1.36. The molecule has 0 N–H and O–H groups in total. The van der Waals surface area contributed by atoms with Crippen molar-refractivity contribution in [2.24, 2.45) is 5.16 Å². The Balaban J connectivity index is 2.14. The molecule has 120 valence electrons. The van der Waals surface area contributed by atoms with E-state index >= 15 is 0 Å². The fourth-order valence-electron chi connectivity index (χ4n) is 1.90. The number of benzene rings is 2. The van der Waals surface area contributed by atoms with Crippen molar-refractivity contribution in [3.8, 4) is 0 Å². The SMILES string of the molecule is CC(=O)ON=C(C[S+](C)C)c1ccc(Sc2ccccc2)cc1. The zero-order valence-corrected chi connectivity index (χ0v) is 15.1. The van der Waals surface area contributed by atoms with Gasteiger partial charge < -0.3 is 4.84 Å². The van der Waals surface area contributed by atoms with Gasteiger partial charge in [0.1, 0.15) is 5.71 Å². The van der Waals surface area contributed by atoms with Crippen molar-refractivity contribution >= 4 is 34.3 Å². The molecule has 0 saturated carbocycles. The Morgan fingerprint density at radius 1 is 1.04 bits per heavy atom. The highest BCUT2D eigenvalue weighted by molar-refractivity contribution is 7.99. The molecule has 0 spiro atoms. The van der Waals surface area contributed by atoms with Gasteiger partial charge in [-0.3, -0.25) is 0 Å². The van der Waals surface area contributed by atoms with Crippen molar-refractivity contribution in [1.82, 2.24) is 0 Å². The monoisotopic (exact) mass is 346 g/mol. The minimum atomic E-state index is -0.397. The van der Waals surface area contributed by atoms with E-state index in [1.54, 1.807) is 11.8 Å². The topological polar surface area (TPSA) is 38.7 Å². The summed E-state index contributed by atoms with van der Waals surface area (Å²) in [5.74, 6) is 0.393. The lowest BCUT2D eigenvalue weighted by atomic mass is 10.1. The first-order valence-corrected chi connectivity index (χ1v) is 10.2. The van der Waals surface area contributed by atoms with Crippen LogP contribution in [0.2, 0.25) is 0 Å². The molecule has 3 nitrogen and oxygen atoms in total. The van der Waals surface area contributed by atoms with E-state index in [1.807, 2.05) is 30.3 Å². The molecule has 23 heavy (non-hydrogen) atoms. The molecule has 2 aromatic carbocycles. The van der Waals surface area contributed by atoms with Crippen molar-refractivity contribution in [1.29, 1.82) is 0 Å². The first kappa shape index (κ1) is 17.6. The predicted octanol–water partition coefficient (Wildman–Crippen LogP) is 3.98. The summed E-state index contributed by atoms with van der Waals surface area (Å²) in [6.07, 6.45) is 4.28. The van der Waals surface area contributed by atoms with E-state index < -0.39 is 5.97 Å². The summed E-state index contributed by atoms with van der Waals surface area (Å²) in [5.41, 5.74) is 1.80. The zero-order valence-electron chi connectivity index (χ0n) is 13.5. The molecule has 0 heterocycles. The van der Waals surface area contributed by atoms with E-state index in [2.05, 4.69) is 41.9 Å². The molecule has 2 aromatic rings. The number of nitrogens with zero attached hydrogens (tertiary/aromatic N) is 1. The highest BCUT2D eigenvalue weighted by Gasteiger charge is 2.14. The van der Waals surface area contributed by atoms with Crippen molar-refractivity contribution in [3.05, 3.63) is 60.2 Å². The molecule has 0 amide bonds. The fraction of sp³-hybridized carbons (Fsp3) is 0.222. The van der Waals surface area contributed by atoms with Crippen LogP contribution in [0.1, 0.15) is 12.5 Å². The number of carbonyl (C=O) groups is 1. The molecule has 0 bridgehead atoms. The Hall–Kier alpha value is -1.72. The first-order valence-electron chi connectivity index (χ1n) is 7.16. The third-order valence-corrected chi connectivity index (χ3v) is 4.74. The van der Waals surface area contributed by atoms with Crippen molar-refractivity contribution in [3.63, 3.8) is 0 Å². The van der Waals surface area contributed by atoms with Gasteiger partial charge in [-0.2, -0.15) is 0 Å². The van der Waals surface area contributed by atoms with Gasteiger partial charge in [-0.05, 0) is 35.2 Å². The molecule has 0 aromatic heterocycles. The van der Waals surface area contributed by atoms with E-state index in [-0.39, 0.29) is 10.9 Å².